The number of amides is 1. The highest BCUT2D eigenvalue weighted by atomic mass is 35.5. The fraction of sp³-hybridized carbons (Fsp3) is 0.562. The Hall–Kier alpha value is -1.19. The summed E-state index contributed by atoms with van der Waals surface area (Å²) in [6.07, 6.45) is 1.97. The van der Waals surface area contributed by atoms with E-state index in [1.807, 2.05) is 6.92 Å². The molecule has 2 rings (SSSR count). The minimum Gasteiger partial charge on any atom is -0.383 e. The van der Waals surface area contributed by atoms with Crippen LogP contribution in [0.5, 0.6) is 0 Å². The lowest BCUT2D eigenvalue weighted by atomic mass is 9.99. The quantitative estimate of drug-likeness (QED) is 0.600. The Morgan fingerprint density at radius 3 is 2.60 bits per heavy atom. The molecule has 7 nitrogen and oxygen atoms in total. The van der Waals surface area contributed by atoms with E-state index in [1.54, 1.807) is 0 Å². The molecule has 1 amide bonds. The Balaban J connectivity index is 0.00000312. The standard InChI is InChI=1S/C16H25N3O4S.ClH/c1-12-15(4-3-9-17-12)19-16(20)13-5-7-14(8-6-13)24(21,22)18-10-11-23-2;/h5-8,12,15,17-18H,3-4,9-11H2,1-2H3,(H,19,20);1H. The van der Waals surface area contributed by atoms with E-state index in [1.165, 1.54) is 31.4 Å². The number of carbonyl (C=O) groups excluding carboxylic acids is 1. The number of carbonyl (C=O) groups is 1. The summed E-state index contributed by atoms with van der Waals surface area (Å²) < 4.78 is 31.4. The third-order valence-corrected chi connectivity index (χ3v) is 5.58. The van der Waals surface area contributed by atoms with Crippen LogP contribution in [-0.4, -0.2) is 53.2 Å². The van der Waals surface area contributed by atoms with Gasteiger partial charge in [-0.15, -0.1) is 12.4 Å². The maximum Gasteiger partial charge on any atom is 0.251 e. The number of ether oxygens (including phenoxy) is 1. The SMILES string of the molecule is COCCNS(=O)(=O)c1ccc(C(=O)NC2CCCNC2C)cc1.Cl. The number of benzene rings is 1. The number of sulfonamides is 1. The zero-order valence-electron chi connectivity index (χ0n) is 14.4. The van der Waals surface area contributed by atoms with Gasteiger partial charge in [0.1, 0.15) is 0 Å². The van der Waals surface area contributed by atoms with Crippen molar-refractivity contribution in [2.45, 2.75) is 36.7 Å². The van der Waals surface area contributed by atoms with Gasteiger partial charge in [-0.05, 0) is 50.6 Å². The van der Waals surface area contributed by atoms with Crippen LogP contribution in [0.2, 0.25) is 0 Å². The van der Waals surface area contributed by atoms with Crippen LogP contribution in [0.4, 0.5) is 0 Å². The number of hydrogen-bond donors (Lipinski definition) is 3. The lowest BCUT2D eigenvalue weighted by Gasteiger charge is -2.30. The van der Waals surface area contributed by atoms with Crippen molar-refractivity contribution in [2.75, 3.05) is 26.8 Å². The number of halogens is 1. The lowest BCUT2D eigenvalue weighted by Crippen LogP contribution is -2.51. The molecule has 1 aliphatic rings. The highest BCUT2D eigenvalue weighted by Gasteiger charge is 2.23. The Labute approximate surface area is 155 Å². The first-order valence-corrected chi connectivity index (χ1v) is 9.55. The number of rotatable bonds is 7. The molecule has 0 radical (unpaired) electrons. The van der Waals surface area contributed by atoms with Gasteiger partial charge in [-0.25, -0.2) is 13.1 Å². The van der Waals surface area contributed by atoms with Gasteiger partial charge in [0.2, 0.25) is 10.0 Å². The van der Waals surface area contributed by atoms with Crippen molar-refractivity contribution in [1.29, 1.82) is 0 Å². The molecule has 0 aromatic heterocycles. The van der Waals surface area contributed by atoms with Crippen LogP contribution in [0.1, 0.15) is 30.1 Å². The van der Waals surface area contributed by atoms with Crippen LogP contribution in [0, 0.1) is 0 Å². The monoisotopic (exact) mass is 391 g/mol. The topological polar surface area (TPSA) is 96.5 Å². The molecular formula is C16H26ClN3O4S. The second-order valence-electron chi connectivity index (χ2n) is 5.88. The third-order valence-electron chi connectivity index (χ3n) is 4.10. The molecule has 0 aliphatic carbocycles. The summed E-state index contributed by atoms with van der Waals surface area (Å²) in [7, 11) is -2.08. The van der Waals surface area contributed by atoms with Crippen LogP contribution in [-0.2, 0) is 14.8 Å². The molecule has 3 N–H and O–H groups in total. The van der Waals surface area contributed by atoms with Gasteiger partial charge in [-0.3, -0.25) is 4.79 Å². The molecular weight excluding hydrogens is 366 g/mol. The van der Waals surface area contributed by atoms with Gasteiger partial charge in [0.25, 0.3) is 5.91 Å². The van der Waals surface area contributed by atoms with E-state index in [9.17, 15) is 13.2 Å². The molecule has 0 spiro atoms. The van der Waals surface area contributed by atoms with E-state index < -0.39 is 10.0 Å². The van der Waals surface area contributed by atoms with E-state index >= 15 is 0 Å². The molecule has 2 atom stereocenters. The minimum absolute atomic E-state index is 0. The normalized spacial score (nSPS) is 20.6. The van der Waals surface area contributed by atoms with Crippen LogP contribution in [0.25, 0.3) is 0 Å². The first kappa shape index (κ1) is 21.9. The summed E-state index contributed by atoms with van der Waals surface area (Å²) in [5.41, 5.74) is 0.448. The van der Waals surface area contributed by atoms with Gasteiger partial charge < -0.3 is 15.4 Å². The van der Waals surface area contributed by atoms with Gasteiger partial charge in [-0.1, -0.05) is 0 Å². The fourth-order valence-corrected chi connectivity index (χ4v) is 3.65. The fourth-order valence-electron chi connectivity index (χ4n) is 2.64. The molecule has 25 heavy (non-hydrogen) atoms. The molecule has 1 aromatic carbocycles. The second-order valence-corrected chi connectivity index (χ2v) is 7.65. The maximum atomic E-state index is 12.3. The highest BCUT2D eigenvalue weighted by molar-refractivity contribution is 7.89. The highest BCUT2D eigenvalue weighted by Crippen LogP contribution is 2.13. The van der Waals surface area contributed by atoms with Gasteiger partial charge >= 0.3 is 0 Å². The molecule has 1 heterocycles. The van der Waals surface area contributed by atoms with Crippen LogP contribution >= 0.6 is 12.4 Å². The Morgan fingerprint density at radius 1 is 1.32 bits per heavy atom. The minimum atomic E-state index is -3.58. The summed E-state index contributed by atoms with van der Waals surface area (Å²) in [5.74, 6) is -0.188. The van der Waals surface area contributed by atoms with Crippen LogP contribution in [0.3, 0.4) is 0 Å². The molecule has 2 unspecified atom stereocenters. The Bertz CT molecular complexity index is 652. The van der Waals surface area contributed by atoms with Crippen molar-refractivity contribution in [1.82, 2.24) is 15.4 Å². The number of piperidine rings is 1. The van der Waals surface area contributed by atoms with Crippen molar-refractivity contribution < 1.29 is 17.9 Å². The zero-order valence-corrected chi connectivity index (χ0v) is 16.1. The molecule has 142 valence electrons. The van der Waals surface area contributed by atoms with Crippen molar-refractivity contribution >= 4 is 28.3 Å². The first-order chi connectivity index (χ1) is 11.4. The molecule has 0 saturated carbocycles. The maximum absolute atomic E-state index is 12.3. The molecule has 1 fully saturated rings. The van der Waals surface area contributed by atoms with E-state index in [0.717, 1.165) is 19.4 Å². The van der Waals surface area contributed by atoms with E-state index in [2.05, 4.69) is 15.4 Å². The zero-order chi connectivity index (χ0) is 17.6. The first-order valence-electron chi connectivity index (χ1n) is 8.07. The third kappa shape index (κ3) is 6.23. The smallest absolute Gasteiger partial charge is 0.251 e. The predicted molar refractivity (Wildman–Crippen MR) is 98.7 cm³/mol. The Kier molecular flexibility index (Phi) is 8.81. The summed E-state index contributed by atoms with van der Waals surface area (Å²) >= 11 is 0. The predicted octanol–water partition coefficient (Wildman–Crippen LogP) is 0.903. The summed E-state index contributed by atoms with van der Waals surface area (Å²) in [4.78, 5) is 12.4. The van der Waals surface area contributed by atoms with Gasteiger partial charge in [0.15, 0.2) is 0 Å². The average Bonchev–Trinajstić information content (AvgIpc) is 2.57. The summed E-state index contributed by atoms with van der Waals surface area (Å²) in [6, 6.07) is 6.25. The van der Waals surface area contributed by atoms with E-state index in [-0.39, 0.29) is 41.8 Å². The molecule has 1 aliphatic heterocycles. The second kappa shape index (κ2) is 10.1. The summed E-state index contributed by atoms with van der Waals surface area (Å²) in [5, 5.41) is 6.33. The van der Waals surface area contributed by atoms with Crippen LogP contribution in [0.15, 0.2) is 29.2 Å². The van der Waals surface area contributed by atoms with Gasteiger partial charge in [0.05, 0.1) is 11.5 Å². The molecule has 9 heteroatoms. The van der Waals surface area contributed by atoms with Gasteiger partial charge in [0, 0.05) is 31.3 Å². The Morgan fingerprint density at radius 2 is 2.00 bits per heavy atom. The largest absolute Gasteiger partial charge is 0.383 e. The van der Waals surface area contributed by atoms with Crippen molar-refractivity contribution in [3.8, 4) is 0 Å². The van der Waals surface area contributed by atoms with Crippen molar-refractivity contribution in [3.05, 3.63) is 29.8 Å². The van der Waals surface area contributed by atoms with E-state index in [0.29, 0.717) is 12.2 Å². The van der Waals surface area contributed by atoms with Crippen LogP contribution < -0.4 is 15.4 Å². The van der Waals surface area contributed by atoms with Crippen molar-refractivity contribution in [3.63, 3.8) is 0 Å². The molecule has 1 aromatic rings. The average molecular weight is 392 g/mol. The van der Waals surface area contributed by atoms with Crippen molar-refractivity contribution in [2.24, 2.45) is 0 Å². The number of hydrogen-bond acceptors (Lipinski definition) is 5. The van der Waals surface area contributed by atoms with Gasteiger partial charge in [-0.2, -0.15) is 0 Å². The summed E-state index contributed by atoms with van der Waals surface area (Å²) in [6.45, 7) is 3.52. The molecule has 0 bridgehead atoms. The molecule has 1 saturated heterocycles. The van der Waals surface area contributed by atoms with E-state index in [4.69, 9.17) is 4.74 Å². The lowest BCUT2D eigenvalue weighted by molar-refractivity contribution is 0.0919. The number of nitrogens with one attached hydrogen (secondary N) is 3. The number of methoxy groups -OCH3 is 1.